The van der Waals surface area contributed by atoms with E-state index in [2.05, 4.69) is 35.0 Å². The first kappa shape index (κ1) is 15.3. The van der Waals surface area contributed by atoms with Crippen molar-refractivity contribution in [3.05, 3.63) is 29.8 Å². The molecule has 112 valence electrons. The minimum absolute atomic E-state index is 0.310. The lowest BCUT2D eigenvalue weighted by Gasteiger charge is -2.32. The van der Waals surface area contributed by atoms with Crippen LogP contribution >= 0.6 is 0 Å². The fourth-order valence-electron chi connectivity index (χ4n) is 2.50. The Morgan fingerprint density at radius 3 is 2.70 bits per heavy atom. The van der Waals surface area contributed by atoms with Crippen molar-refractivity contribution >= 4 is 0 Å². The summed E-state index contributed by atoms with van der Waals surface area (Å²) >= 11 is 0. The molecular formula is C16H26N2O2. The number of nitrogens with zero attached hydrogens (tertiary/aromatic N) is 2. The Kier molecular flexibility index (Phi) is 6.30. The van der Waals surface area contributed by atoms with Gasteiger partial charge in [0, 0.05) is 33.3 Å². The smallest absolute Gasteiger partial charge is 0.188 e. The lowest BCUT2D eigenvalue weighted by atomic mass is 10.1. The van der Waals surface area contributed by atoms with Gasteiger partial charge < -0.3 is 19.3 Å². The van der Waals surface area contributed by atoms with Crippen LogP contribution in [0.4, 0.5) is 0 Å². The van der Waals surface area contributed by atoms with Crippen LogP contribution in [0, 0.1) is 0 Å². The van der Waals surface area contributed by atoms with Crippen molar-refractivity contribution < 1.29 is 9.47 Å². The van der Waals surface area contributed by atoms with Gasteiger partial charge in [-0.05, 0) is 44.1 Å². The number of likely N-dealkylation sites (N-methyl/N-ethyl adjacent to an activating group) is 1. The van der Waals surface area contributed by atoms with E-state index in [0.29, 0.717) is 6.79 Å². The van der Waals surface area contributed by atoms with Gasteiger partial charge in [0.05, 0.1) is 0 Å². The highest BCUT2D eigenvalue weighted by molar-refractivity contribution is 5.28. The zero-order valence-electron chi connectivity index (χ0n) is 12.7. The summed E-state index contributed by atoms with van der Waals surface area (Å²) in [6.45, 7) is 6.30. The molecule has 0 N–H and O–H groups in total. The van der Waals surface area contributed by atoms with Crippen LogP contribution in [-0.4, -0.2) is 63.5 Å². The summed E-state index contributed by atoms with van der Waals surface area (Å²) in [6.07, 6.45) is 2.31. The highest BCUT2D eigenvalue weighted by atomic mass is 16.7. The lowest BCUT2D eigenvalue weighted by molar-refractivity contribution is 0.0511. The van der Waals surface area contributed by atoms with Crippen LogP contribution in [0.5, 0.6) is 5.75 Å². The van der Waals surface area contributed by atoms with Crippen molar-refractivity contribution in [2.45, 2.75) is 12.8 Å². The van der Waals surface area contributed by atoms with Gasteiger partial charge in [0.25, 0.3) is 0 Å². The zero-order chi connectivity index (χ0) is 14.2. The van der Waals surface area contributed by atoms with Gasteiger partial charge in [0.2, 0.25) is 0 Å². The summed E-state index contributed by atoms with van der Waals surface area (Å²) in [7, 11) is 3.84. The van der Waals surface area contributed by atoms with Gasteiger partial charge in [-0.1, -0.05) is 12.1 Å². The fraction of sp³-hybridized carbons (Fsp3) is 0.625. The van der Waals surface area contributed by atoms with E-state index < -0.39 is 0 Å². The number of ether oxygens (including phenoxy) is 2. The van der Waals surface area contributed by atoms with Crippen molar-refractivity contribution in [2.75, 3.05) is 53.7 Å². The van der Waals surface area contributed by atoms with Gasteiger partial charge in [0.1, 0.15) is 5.75 Å². The van der Waals surface area contributed by atoms with Crippen LogP contribution in [0.15, 0.2) is 24.3 Å². The van der Waals surface area contributed by atoms with E-state index in [1.807, 2.05) is 6.07 Å². The van der Waals surface area contributed by atoms with Crippen molar-refractivity contribution in [2.24, 2.45) is 0 Å². The summed E-state index contributed by atoms with van der Waals surface area (Å²) in [6, 6.07) is 8.31. The Morgan fingerprint density at radius 1 is 1.15 bits per heavy atom. The topological polar surface area (TPSA) is 24.9 Å². The predicted octanol–water partition coefficient (Wildman–Crippen LogP) is 1.85. The molecule has 0 saturated carbocycles. The Labute approximate surface area is 122 Å². The summed E-state index contributed by atoms with van der Waals surface area (Å²) in [4.78, 5) is 4.96. The second-order valence-electron chi connectivity index (χ2n) is 5.45. The Hall–Kier alpha value is -1.10. The molecule has 0 atom stereocenters. The summed E-state index contributed by atoms with van der Waals surface area (Å²) < 4.78 is 10.4. The molecule has 0 amide bonds. The minimum Gasteiger partial charge on any atom is -0.468 e. The average Bonchev–Trinajstić information content (AvgIpc) is 2.48. The molecule has 4 heteroatoms. The number of piperazine rings is 1. The minimum atomic E-state index is 0.310. The van der Waals surface area contributed by atoms with E-state index in [9.17, 15) is 0 Å². The molecular weight excluding hydrogens is 252 g/mol. The first-order valence-corrected chi connectivity index (χ1v) is 7.39. The van der Waals surface area contributed by atoms with E-state index in [4.69, 9.17) is 9.47 Å². The normalized spacial score (nSPS) is 17.3. The summed E-state index contributed by atoms with van der Waals surface area (Å²) in [5, 5.41) is 0. The maximum absolute atomic E-state index is 5.47. The predicted molar refractivity (Wildman–Crippen MR) is 81.2 cm³/mol. The average molecular weight is 278 g/mol. The van der Waals surface area contributed by atoms with Crippen LogP contribution in [0.3, 0.4) is 0 Å². The molecule has 4 nitrogen and oxygen atoms in total. The quantitative estimate of drug-likeness (QED) is 0.711. The number of aryl methyl sites for hydroxylation is 1. The number of benzene rings is 1. The molecule has 20 heavy (non-hydrogen) atoms. The van der Waals surface area contributed by atoms with Crippen molar-refractivity contribution in [1.82, 2.24) is 9.80 Å². The monoisotopic (exact) mass is 278 g/mol. The number of rotatable bonds is 7. The van der Waals surface area contributed by atoms with Gasteiger partial charge >= 0.3 is 0 Å². The fourth-order valence-corrected chi connectivity index (χ4v) is 2.50. The zero-order valence-corrected chi connectivity index (χ0v) is 12.7. The van der Waals surface area contributed by atoms with Crippen LogP contribution in [0.1, 0.15) is 12.0 Å². The second-order valence-corrected chi connectivity index (χ2v) is 5.45. The Bertz CT molecular complexity index is 390. The molecule has 1 aromatic carbocycles. The molecule has 0 aromatic heterocycles. The summed E-state index contributed by atoms with van der Waals surface area (Å²) in [5.41, 5.74) is 1.34. The third kappa shape index (κ3) is 5.12. The molecule has 1 aromatic rings. The van der Waals surface area contributed by atoms with E-state index in [0.717, 1.165) is 12.2 Å². The summed E-state index contributed by atoms with van der Waals surface area (Å²) in [5.74, 6) is 0.893. The first-order chi connectivity index (χ1) is 9.78. The molecule has 1 saturated heterocycles. The first-order valence-electron chi connectivity index (χ1n) is 7.39. The van der Waals surface area contributed by atoms with Crippen LogP contribution in [0.2, 0.25) is 0 Å². The third-order valence-corrected chi connectivity index (χ3v) is 3.78. The van der Waals surface area contributed by atoms with E-state index >= 15 is 0 Å². The highest BCUT2D eigenvalue weighted by Gasteiger charge is 2.12. The largest absolute Gasteiger partial charge is 0.468 e. The lowest BCUT2D eigenvalue weighted by Crippen LogP contribution is -2.44. The molecule has 0 unspecified atom stereocenters. The Balaban J connectivity index is 1.70. The molecule has 0 spiro atoms. The van der Waals surface area contributed by atoms with E-state index in [1.54, 1.807) is 7.11 Å². The molecule has 2 rings (SSSR count). The standard InChI is InChI=1S/C16H26N2O2/c1-17-9-11-18(12-10-17)8-4-6-15-5-3-7-16(13-15)20-14-19-2/h3,5,7,13H,4,6,8-12,14H2,1-2H3. The van der Waals surface area contributed by atoms with Crippen LogP contribution in [0.25, 0.3) is 0 Å². The number of methoxy groups -OCH3 is 1. The molecule has 0 aliphatic carbocycles. The molecule has 1 aliphatic heterocycles. The van der Waals surface area contributed by atoms with Gasteiger partial charge in [-0.25, -0.2) is 0 Å². The Morgan fingerprint density at radius 2 is 1.95 bits per heavy atom. The molecule has 0 bridgehead atoms. The number of hydrogen-bond acceptors (Lipinski definition) is 4. The molecule has 1 fully saturated rings. The van der Waals surface area contributed by atoms with Crippen molar-refractivity contribution in [3.63, 3.8) is 0 Å². The van der Waals surface area contributed by atoms with Gasteiger partial charge in [-0.15, -0.1) is 0 Å². The maximum atomic E-state index is 5.47. The van der Waals surface area contributed by atoms with Crippen LogP contribution in [-0.2, 0) is 11.2 Å². The van der Waals surface area contributed by atoms with Gasteiger partial charge in [-0.3, -0.25) is 0 Å². The van der Waals surface area contributed by atoms with E-state index in [1.165, 1.54) is 44.7 Å². The van der Waals surface area contributed by atoms with Gasteiger partial charge in [-0.2, -0.15) is 0 Å². The maximum Gasteiger partial charge on any atom is 0.188 e. The van der Waals surface area contributed by atoms with Crippen LogP contribution < -0.4 is 4.74 Å². The molecule has 1 aliphatic rings. The SMILES string of the molecule is COCOc1cccc(CCCN2CCN(C)CC2)c1. The highest BCUT2D eigenvalue weighted by Crippen LogP contribution is 2.15. The molecule has 1 heterocycles. The van der Waals surface area contributed by atoms with Gasteiger partial charge in [0.15, 0.2) is 6.79 Å². The third-order valence-electron chi connectivity index (χ3n) is 3.78. The van der Waals surface area contributed by atoms with E-state index in [-0.39, 0.29) is 0 Å². The number of hydrogen-bond donors (Lipinski definition) is 0. The molecule has 0 radical (unpaired) electrons. The second kappa shape index (κ2) is 8.25. The van der Waals surface area contributed by atoms with Crippen molar-refractivity contribution in [1.29, 1.82) is 0 Å². The van der Waals surface area contributed by atoms with Crippen molar-refractivity contribution in [3.8, 4) is 5.75 Å².